The number of amides is 1. The number of ether oxygens (including phenoxy) is 1. The van der Waals surface area contributed by atoms with Gasteiger partial charge in [-0.3, -0.25) is 4.79 Å². The van der Waals surface area contributed by atoms with Crippen molar-refractivity contribution in [2.24, 2.45) is 0 Å². The van der Waals surface area contributed by atoms with Crippen LogP contribution in [0.5, 0.6) is 0 Å². The monoisotopic (exact) mass is 437 g/mol. The second kappa shape index (κ2) is 11.2. The molecule has 1 atom stereocenters. The molecule has 164 valence electrons. The summed E-state index contributed by atoms with van der Waals surface area (Å²) in [6, 6.07) is 12.6. The summed E-state index contributed by atoms with van der Waals surface area (Å²) in [6.07, 6.45) is 4.13. The summed E-state index contributed by atoms with van der Waals surface area (Å²) in [6.45, 7) is 8.34. The van der Waals surface area contributed by atoms with E-state index in [4.69, 9.17) is 4.74 Å². The Morgan fingerprint density at radius 3 is 2.77 bits per heavy atom. The van der Waals surface area contributed by atoms with Gasteiger partial charge in [0, 0.05) is 42.6 Å². The maximum absolute atomic E-state index is 12.5. The molecule has 0 aliphatic carbocycles. The molecule has 1 N–H and O–H groups in total. The molecule has 1 unspecified atom stereocenters. The highest BCUT2D eigenvalue weighted by Gasteiger charge is 2.19. The zero-order valence-electron chi connectivity index (χ0n) is 18.6. The summed E-state index contributed by atoms with van der Waals surface area (Å²) in [7, 11) is 0. The van der Waals surface area contributed by atoms with Crippen molar-refractivity contribution in [1.29, 1.82) is 5.26 Å². The fourth-order valence-electron chi connectivity index (χ4n) is 3.76. The van der Waals surface area contributed by atoms with Crippen LogP contribution in [0, 0.1) is 32.1 Å². The standard InChI is InChI=1S/C25H31N3O2S/c1-18-6-8-21(9-7-18)17-31-12-10-27-25(29)23(15-26)14-22-13-19(2)28(20(22)3)16-24-5-4-11-30-24/h6-9,13-14,24H,4-5,10-12,16-17H2,1-3H3,(H,27,29)/b23-14+. The number of aromatic nitrogens is 1. The van der Waals surface area contributed by atoms with Crippen LogP contribution in [0.4, 0.5) is 0 Å². The van der Waals surface area contributed by atoms with E-state index in [0.29, 0.717) is 6.54 Å². The Balaban J connectivity index is 1.52. The Morgan fingerprint density at radius 1 is 1.32 bits per heavy atom. The van der Waals surface area contributed by atoms with Crippen molar-refractivity contribution in [2.45, 2.75) is 52.0 Å². The molecular formula is C25H31N3O2S. The van der Waals surface area contributed by atoms with Crippen LogP contribution < -0.4 is 5.32 Å². The Kier molecular flexibility index (Phi) is 8.39. The molecule has 2 heterocycles. The van der Waals surface area contributed by atoms with Gasteiger partial charge in [0.25, 0.3) is 5.91 Å². The molecule has 1 saturated heterocycles. The number of hydrogen-bond donors (Lipinski definition) is 1. The van der Waals surface area contributed by atoms with Gasteiger partial charge in [0.15, 0.2) is 0 Å². The molecule has 1 aliphatic rings. The summed E-state index contributed by atoms with van der Waals surface area (Å²) >= 11 is 1.77. The third kappa shape index (κ3) is 6.49. The lowest BCUT2D eigenvalue weighted by atomic mass is 10.1. The molecule has 3 rings (SSSR count). The highest BCUT2D eigenvalue weighted by atomic mass is 32.2. The highest BCUT2D eigenvalue weighted by molar-refractivity contribution is 7.98. The third-order valence-corrected chi connectivity index (χ3v) is 6.64. The molecule has 0 saturated carbocycles. The minimum absolute atomic E-state index is 0.140. The first-order chi connectivity index (χ1) is 15.0. The van der Waals surface area contributed by atoms with Gasteiger partial charge in [-0.15, -0.1) is 0 Å². The number of aryl methyl sites for hydroxylation is 2. The number of benzene rings is 1. The Labute approximate surface area is 189 Å². The second-order valence-electron chi connectivity index (χ2n) is 8.04. The molecule has 1 aromatic heterocycles. The SMILES string of the molecule is Cc1ccc(CSCCNC(=O)/C(C#N)=C/c2cc(C)n(CC3CCCO3)c2C)cc1. The van der Waals surface area contributed by atoms with E-state index in [1.165, 1.54) is 11.1 Å². The van der Waals surface area contributed by atoms with E-state index < -0.39 is 0 Å². The van der Waals surface area contributed by atoms with Crippen LogP contribution in [0.2, 0.25) is 0 Å². The van der Waals surface area contributed by atoms with Crippen LogP contribution in [0.3, 0.4) is 0 Å². The number of rotatable bonds is 9. The van der Waals surface area contributed by atoms with E-state index >= 15 is 0 Å². The van der Waals surface area contributed by atoms with Gasteiger partial charge < -0.3 is 14.6 Å². The average Bonchev–Trinajstić information content (AvgIpc) is 3.37. The van der Waals surface area contributed by atoms with Crippen LogP contribution >= 0.6 is 11.8 Å². The molecule has 2 aromatic rings. The van der Waals surface area contributed by atoms with Crippen LogP contribution in [-0.2, 0) is 21.8 Å². The van der Waals surface area contributed by atoms with Crippen molar-refractivity contribution in [1.82, 2.24) is 9.88 Å². The van der Waals surface area contributed by atoms with Crippen molar-refractivity contribution in [3.63, 3.8) is 0 Å². The number of hydrogen-bond acceptors (Lipinski definition) is 4. The normalized spacial score (nSPS) is 16.3. The smallest absolute Gasteiger partial charge is 0.261 e. The zero-order chi connectivity index (χ0) is 22.2. The van der Waals surface area contributed by atoms with Gasteiger partial charge in [-0.1, -0.05) is 29.8 Å². The van der Waals surface area contributed by atoms with Gasteiger partial charge >= 0.3 is 0 Å². The van der Waals surface area contributed by atoms with Crippen molar-refractivity contribution in [3.8, 4) is 6.07 Å². The molecule has 31 heavy (non-hydrogen) atoms. The topological polar surface area (TPSA) is 67.0 Å². The predicted molar refractivity (Wildman–Crippen MR) is 127 cm³/mol. The molecule has 1 aromatic carbocycles. The van der Waals surface area contributed by atoms with E-state index in [1.807, 2.05) is 13.0 Å². The second-order valence-corrected chi connectivity index (χ2v) is 9.14. The number of carbonyl (C=O) groups is 1. The minimum Gasteiger partial charge on any atom is -0.376 e. The Morgan fingerprint density at radius 2 is 2.10 bits per heavy atom. The van der Waals surface area contributed by atoms with Crippen LogP contribution in [-0.4, -0.2) is 35.5 Å². The lowest BCUT2D eigenvalue weighted by Gasteiger charge is -2.14. The lowest BCUT2D eigenvalue weighted by Crippen LogP contribution is -2.26. The maximum atomic E-state index is 12.5. The molecule has 0 radical (unpaired) electrons. The molecule has 1 fully saturated rings. The molecule has 1 aliphatic heterocycles. The highest BCUT2D eigenvalue weighted by Crippen LogP contribution is 2.22. The van der Waals surface area contributed by atoms with E-state index in [9.17, 15) is 10.1 Å². The first kappa shape index (κ1) is 23.2. The van der Waals surface area contributed by atoms with Gasteiger partial charge in [-0.25, -0.2) is 0 Å². The van der Waals surface area contributed by atoms with Crippen molar-refractivity contribution in [3.05, 3.63) is 64.0 Å². The number of carbonyl (C=O) groups excluding carboxylic acids is 1. The average molecular weight is 438 g/mol. The third-order valence-electron chi connectivity index (χ3n) is 5.61. The van der Waals surface area contributed by atoms with Crippen molar-refractivity contribution >= 4 is 23.7 Å². The largest absolute Gasteiger partial charge is 0.376 e. The van der Waals surface area contributed by atoms with E-state index in [0.717, 1.165) is 54.5 Å². The zero-order valence-corrected chi connectivity index (χ0v) is 19.4. The van der Waals surface area contributed by atoms with Crippen LogP contribution in [0.15, 0.2) is 35.9 Å². The van der Waals surface area contributed by atoms with E-state index in [2.05, 4.69) is 54.1 Å². The summed E-state index contributed by atoms with van der Waals surface area (Å²) in [5.41, 5.74) is 5.76. The molecule has 0 bridgehead atoms. The summed E-state index contributed by atoms with van der Waals surface area (Å²) in [4.78, 5) is 12.5. The number of nitrogens with zero attached hydrogens (tertiary/aromatic N) is 2. The number of thioether (sulfide) groups is 1. The van der Waals surface area contributed by atoms with Gasteiger partial charge in [-0.05, 0) is 56.9 Å². The fraction of sp³-hybridized carbons (Fsp3) is 0.440. The molecule has 5 nitrogen and oxygen atoms in total. The number of nitriles is 1. The van der Waals surface area contributed by atoms with Crippen molar-refractivity contribution in [2.75, 3.05) is 18.9 Å². The first-order valence-electron chi connectivity index (χ1n) is 10.8. The summed E-state index contributed by atoms with van der Waals surface area (Å²) in [5.74, 6) is 1.39. The fourth-order valence-corrected chi connectivity index (χ4v) is 4.58. The van der Waals surface area contributed by atoms with E-state index in [-0.39, 0.29) is 17.6 Å². The molecule has 6 heteroatoms. The lowest BCUT2D eigenvalue weighted by molar-refractivity contribution is -0.116. The van der Waals surface area contributed by atoms with Crippen molar-refractivity contribution < 1.29 is 9.53 Å². The van der Waals surface area contributed by atoms with E-state index in [1.54, 1.807) is 17.8 Å². The quantitative estimate of drug-likeness (QED) is 0.355. The van der Waals surface area contributed by atoms with Gasteiger partial charge in [0.2, 0.25) is 0 Å². The number of nitrogens with one attached hydrogen (secondary N) is 1. The molecular weight excluding hydrogens is 406 g/mol. The summed E-state index contributed by atoms with van der Waals surface area (Å²) < 4.78 is 7.98. The molecule has 1 amide bonds. The Hall–Kier alpha value is -2.49. The first-order valence-corrected chi connectivity index (χ1v) is 11.9. The summed E-state index contributed by atoms with van der Waals surface area (Å²) in [5, 5.41) is 12.4. The predicted octanol–water partition coefficient (Wildman–Crippen LogP) is 4.55. The maximum Gasteiger partial charge on any atom is 0.261 e. The van der Waals surface area contributed by atoms with Gasteiger partial charge in [0.1, 0.15) is 11.6 Å². The minimum atomic E-state index is -0.317. The van der Waals surface area contributed by atoms with Gasteiger partial charge in [0.05, 0.1) is 6.10 Å². The van der Waals surface area contributed by atoms with Gasteiger partial charge in [-0.2, -0.15) is 17.0 Å². The Bertz CT molecular complexity index is 964. The van der Waals surface area contributed by atoms with Crippen LogP contribution in [0.25, 0.3) is 6.08 Å². The van der Waals surface area contributed by atoms with Crippen LogP contribution in [0.1, 0.15) is 40.9 Å². The molecule has 0 spiro atoms.